The van der Waals surface area contributed by atoms with Gasteiger partial charge in [-0.2, -0.15) is 0 Å². The molecule has 2 heteroatoms. The maximum Gasteiger partial charge on any atom is 0.00684 e. The zero-order chi connectivity index (χ0) is 13.7. The van der Waals surface area contributed by atoms with E-state index in [0.29, 0.717) is 5.41 Å². The molecule has 2 fully saturated rings. The van der Waals surface area contributed by atoms with Gasteiger partial charge in [0.1, 0.15) is 0 Å². The topological polar surface area (TPSA) is 15.3 Å². The number of rotatable bonds is 8. The molecule has 0 amide bonds. The molecule has 1 unspecified atom stereocenters. The molecule has 2 aliphatic rings. The molecule has 0 aliphatic heterocycles. The lowest BCUT2D eigenvalue weighted by Crippen LogP contribution is -2.48. The van der Waals surface area contributed by atoms with E-state index in [1.807, 2.05) is 0 Å². The second-order valence-electron chi connectivity index (χ2n) is 7.04. The van der Waals surface area contributed by atoms with E-state index in [9.17, 15) is 0 Å². The zero-order valence-corrected chi connectivity index (χ0v) is 13.4. The third-order valence-corrected chi connectivity index (χ3v) is 5.42. The summed E-state index contributed by atoms with van der Waals surface area (Å²) in [5, 5.41) is 3.83. The van der Waals surface area contributed by atoms with Crippen LogP contribution in [0.3, 0.4) is 0 Å². The van der Waals surface area contributed by atoms with E-state index >= 15 is 0 Å². The van der Waals surface area contributed by atoms with Crippen molar-refractivity contribution in [2.75, 3.05) is 19.6 Å². The number of hydrogen-bond donors (Lipinski definition) is 1. The number of nitrogens with zero attached hydrogens (tertiary/aromatic N) is 1. The molecule has 0 radical (unpaired) electrons. The van der Waals surface area contributed by atoms with E-state index in [1.165, 1.54) is 71.0 Å². The first-order chi connectivity index (χ1) is 9.19. The van der Waals surface area contributed by atoms with Crippen molar-refractivity contribution in [3.8, 4) is 0 Å². The van der Waals surface area contributed by atoms with E-state index in [-0.39, 0.29) is 0 Å². The van der Waals surface area contributed by atoms with Crippen LogP contribution in [-0.4, -0.2) is 36.6 Å². The van der Waals surface area contributed by atoms with Crippen LogP contribution in [0.1, 0.15) is 72.1 Å². The van der Waals surface area contributed by atoms with Crippen molar-refractivity contribution in [3.05, 3.63) is 0 Å². The van der Waals surface area contributed by atoms with Crippen molar-refractivity contribution in [1.82, 2.24) is 10.2 Å². The molecule has 0 heterocycles. The monoisotopic (exact) mass is 266 g/mol. The third kappa shape index (κ3) is 4.46. The van der Waals surface area contributed by atoms with E-state index in [0.717, 1.165) is 12.1 Å². The fourth-order valence-corrected chi connectivity index (χ4v) is 3.61. The molecule has 2 nitrogen and oxygen atoms in total. The van der Waals surface area contributed by atoms with Crippen LogP contribution in [0, 0.1) is 5.41 Å². The van der Waals surface area contributed by atoms with Gasteiger partial charge in [-0.25, -0.2) is 0 Å². The van der Waals surface area contributed by atoms with Crippen molar-refractivity contribution in [2.45, 2.75) is 84.2 Å². The number of nitrogens with one attached hydrogen (secondary N) is 1. The zero-order valence-electron chi connectivity index (χ0n) is 13.4. The van der Waals surface area contributed by atoms with Crippen molar-refractivity contribution in [2.24, 2.45) is 5.41 Å². The van der Waals surface area contributed by atoms with E-state index in [2.05, 4.69) is 31.0 Å². The van der Waals surface area contributed by atoms with Gasteiger partial charge in [0.15, 0.2) is 0 Å². The van der Waals surface area contributed by atoms with Gasteiger partial charge in [-0.3, -0.25) is 0 Å². The van der Waals surface area contributed by atoms with Crippen LogP contribution in [0.2, 0.25) is 0 Å². The molecule has 0 bridgehead atoms. The molecule has 1 atom stereocenters. The second-order valence-corrected chi connectivity index (χ2v) is 7.04. The molecule has 0 aromatic heterocycles. The Balaban J connectivity index is 1.94. The lowest BCUT2D eigenvalue weighted by atomic mass is 9.73. The maximum absolute atomic E-state index is 3.83. The van der Waals surface area contributed by atoms with Crippen LogP contribution in [-0.2, 0) is 0 Å². The SMILES string of the molecule is CCC(C)N(CC)CC1(CNC2CC2)CCCCC1. The summed E-state index contributed by atoms with van der Waals surface area (Å²) in [5.41, 5.74) is 0.570. The fourth-order valence-electron chi connectivity index (χ4n) is 3.61. The van der Waals surface area contributed by atoms with Crippen LogP contribution >= 0.6 is 0 Å². The summed E-state index contributed by atoms with van der Waals surface area (Å²) in [6, 6.07) is 1.60. The van der Waals surface area contributed by atoms with Crippen LogP contribution in [0.15, 0.2) is 0 Å². The molecule has 0 aromatic carbocycles. The molecule has 2 rings (SSSR count). The largest absolute Gasteiger partial charge is 0.313 e. The van der Waals surface area contributed by atoms with Gasteiger partial charge in [0, 0.05) is 25.2 Å². The Morgan fingerprint density at radius 1 is 1.16 bits per heavy atom. The summed E-state index contributed by atoms with van der Waals surface area (Å²) in [5.74, 6) is 0. The van der Waals surface area contributed by atoms with E-state index < -0.39 is 0 Å². The maximum atomic E-state index is 3.83. The number of hydrogen-bond acceptors (Lipinski definition) is 2. The first-order valence-corrected chi connectivity index (χ1v) is 8.66. The Morgan fingerprint density at radius 2 is 1.84 bits per heavy atom. The summed E-state index contributed by atoms with van der Waals surface area (Å²) >= 11 is 0. The lowest BCUT2D eigenvalue weighted by Gasteiger charge is -2.43. The van der Waals surface area contributed by atoms with Gasteiger partial charge in [0.05, 0.1) is 0 Å². The van der Waals surface area contributed by atoms with E-state index in [4.69, 9.17) is 0 Å². The Morgan fingerprint density at radius 3 is 2.37 bits per heavy atom. The average Bonchev–Trinajstić information content (AvgIpc) is 3.27. The normalized spacial score (nSPS) is 24.6. The molecule has 2 saturated carbocycles. The van der Waals surface area contributed by atoms with Gasteiger partial charge in [0.25, 0.3) is 0 Å². The summed E-state index contributed by atoms with van der Waals surface area (Å²) in [7, 11) is 0. The van der Waals surface area contributed by atoms with Crippen LogP contribution in [0.4, 0.5) is 0 Å². The smallest absolute Gasteiger partial charge is 0.00684 e. The minimum Gasteiger partial charge on any atom is -0.313 e. The second kappa shape index (κ2) is 7.08. The minimum absolute atomic E-state index is 0.570. The predicted molar refractivity (Wildman–Crippen MR) is 83.5 cm³/mol. The highest BCUT2D eigenvalue weighted by atomic mass is 15.2. The molecule has 1 N–H and O–H groups in total. The van der Waals surface area contributed by atoms with Gasteiger partial charge in [-0.15, -0.1) is 0 Å². The Kier molecular flexibility index (Phi) is 5.70. The first-order valence-electron chi connectivity index (χ1n) is 8.66. The average molecular weight is 266 g/mol. The molecule has 2 aliphatic carbocycles. The molecule has 0 spiro atoms. The molecule has 19 heavy (non-hydrogen) atoms. The summed E-state index contributed by atoms with van der Waals surface area (Å²) in [4.78, 5) is 2.72. The molecule has 112 valence electrons. The van der Waals surface area contributed by atoms with Crippen molar-refractivity contribution >= 4 is 0 Å². The first kappa shape index (κ1) is 15.3. The van der Waals surface area contributed by atoms with E-state index in [1.54, 1.807) is 0 Å². The summed E-state index contributed by atoms with van der Waals surface area (Å²) < 4.78 is 0. The molecule has 0 aromatic rings. The highest BCUT2D eigenvalue weighted by Gasteiger charge is 2.35. The molecular formula is C17H34N2. The van der Waals surface area contributed by atoms with Crippen LogP contribution < -0.4 is 5.32 Å². The molecular weight excluding hydrogens is 232 g/mol. The van der Waals surface area contributed by atoms with Crippen LogP contribution in [0.5, 0.6) is 0 Å². The Bertz CT molecular complexity index is 254. The highest BCUT2D eigenvalue weighted by Crippen LogP contribution is 2.38. The van der Waals surface area contributed by atoms with Gasteiger partial charge in [-0.1, -0.05) is 33.1 Å². The van der Waals surface area contributed by atoms with Gasteiger partial charge < -0.3 is 10.2 Å². The van der Waals surface area contributed by atoms with Gasteiger partial charge >= 0.3 is 0 Å². The highest BCUT2D eigenvalue weighted by molar-refractivity contribution is 4.92. The van der Waals surface area contributed by atoms with Crippen molar-refractivity contribution in [1.29, 1.82) is 0 Å². The summed E-state index contributed by atoms with van der Waals surface area (Å²) in [6.07, 6.45) is 11.4. The Labute approximate surface area is 120 Å². The standard InChI is InChI=1S/C17H34N2/c1-4-15(3)19(5-2)14-17(11-7-6-8-12-17)13-18-16-9-10-16/h15-16,18H,4-14H2,1-3H3. The van der Waals surface area contributed by atoms with Gasteiger partial charge in [-0.05, 0) is 51.0 Å². The quantitative estimate of drug-likeness (QED) is 0.718. The van der Waals surface area contributed by atoms with Gasteiger partial charge in [0.2, 0.25) is 0 Å². The lowest BCUT2D eigenvalue weighted by molar-refractivity contribution is 0.0809. The van der Waals surface area contributed by atoms with Crippen molar-refractivity contribution in [3.63, 3.8) is 0 Å². The Hall–Kier alpha value is -0.0800. The summed E-state index contributed by atoms with van der Waals surface area (Å²) in [6.45, 7) is 10.8. The molecule has 0 saturated heterocycles. The third-order valence-electron chi connectivity index (χ3n) is 5.42. The fraction of sp³-hybridized carbons (Fsp3) is 1.00. The van der Waals surface area contributed by atoms with Crippen molar-refractivity contribution < 1.29 is 0 Å². The van der Waals surface area contributed by atoms with Crippen LogP contribution in [0.25, 0.3) is 0 Å². The predicted octanol–water partition coefficient (Wildman–Crippen LogP) is 3.81. The minimum atomic E-state index is 0.570.